The fourth-order valence-electron chi connectivity index (χ4n) is 2.55. The van der Waals surface area contributed by atoms with E-state index in [0.29, 0.717) is 0 Å². The summed E-state index contributed by atoms with van der Waals surface area (Å²) in [5.74, 6) is -1.63. The lowest BCUT2D eigenvalue weighted by Gasteiger charge is -2.44. The van der Waals surface area contributed by atoms with Gasteiger partial charge in [0.2, 0.25) is 0 Å². The van der Waals surface area contributed by atoms with Gasteiger partial charge in [0.05, 0.1) is 6.61 Å². The standard InChI is InChI=1S/C12H20O12/c13-1-2-8(5(16)6(17)11(21)22-2)23-12-7(18)3(14)4(15)9(24-12)10(19)20/h2-9,11-18,21H,1H2,(H,19,20). The number of aliphatic carboxylic acids is 1. The number of aliphatic hydroxyl groups excluding tert-OH is 7. The number of aliphatic hydroxyl groups is 7. The summed E-state index contributed by atoms with van der Waals surface area (Å²) in [6, 6.07) is 0. The molecule has 2 fully saturated rings. The third kappa shape index (κ3) is 3.52. The quantitative estimate of drug-likeness (QED) is 0.238. The van der Waals surface area contributed by atoms with Crippen molar-refractivity contribution in [3.63, 3.8) is 0 Å². The maximum Gasteiger partial charge on any atom is 0.335 e. The molecule has 0 amide bonds. The molecule has 0 aromatic carbocycles. The van der Waals surface area contributed by atoms with E-state index in [9.17, 15) is 40.5 Å². The second kappa shape index (κ2) is 7.53. The molecule has 0 bridgehead atoms. The molecule has 2 saturated heterocycles. The van der Waals surface area contributed by atoms with Crippen LogP contribution in [0.25, 0.3) is 0 Å². The zero-order chi connectivity index (χ0) is 18.2. The van der Waals surface area contributed by atoms with E-state index < -0.39 is 74.0 Å². The summed E-state index contributed by atoms with van der Waals surface area (Å²) in [5.41, 5.74) is 0. The third-order valence-electron chi connectivity index (χ3n) is 3.94. The third-order valence-corrected chi connectivity index (χ3v) is 3.94. The van der Waals surface area contributed by atoms with E-state index in [-0.39, 0.29) is 0 Å². The molecule has 0 spiro atoms. The Labute approximate surface area is 135 Å². The Morgan fingerprint density at radius 2 is 1.50 bits per heavy atom. The van der Waals surface area contributed by atoms with E-state index in [1.54, 1.807) is 0 Å². The molecule has 10 atom stereocenters. The van der Waals surface area contributed by atoms with Crippen LogP contribution in [0.5, 0.6) is 0 Å². The van der Waals surface area contributed by atoms with Gasteiger partial charge in [0.1, 0.15) is 42.7 Å². The van der Waals surface area contributed by atoms with Crippen molar-refractivity contribution in [2.75, 3.05) is 6.61 Å². The van der Waals surface area contributed by atoms with E-state index in [4.69, 9.17) is 19.3 Å². The summed E-state index contributed by atoms with van der Waals surface area (Å²) in [7, 11) is 0. The van der Waals surface area contributed by atoms with Crippen LogP contribution >= 0.6 is 0 Å². The molecule has 2 aliphatic heterocycles. The fourth-order valence-corrected chi connectivity index (χ4v) is 2.55. The fraction of sp³-hybridized carbons (Fsp3) is 0.917. The van der Waals surface area contributed by atoms with Gasteiger partial charge in [0, 0.05) is 0 Å². The first-order valence-electron chi connectivity index (χ1n) is 7.07. The second-order valence-corrected chi connectivity index (χ2v) is 5.56. The molecule has 140 valence electrons. The van der Waals surface area contributed by atoms with Crippen LogP contribution in [0.2, 0.25) is 0 Å². The molecule has 12 nitrogen and oxygen atoms in total. The molecule has 0 aromatic heterocycles. The van der Waals surface area contributed by atoms with E-state index >= 15 is 0 Å². The number of carbonyl (C=O) groups is 1. The maximum absolute atomic E-state index is 11.0. The summed E-state index contributed by atoms with van der Waals surface area (Å²) in [6.45, 7) is -0.748. The van der Waals surface area contributed by atoms with Gasteiger partial charge in [-0.2, -0.15) is 0 Å². The van der Waals surface area contributed by atoms with Crippen LogP contribution in [0.4, 0.5) is 0 Å². The molecular formula is C12H20O12. The molecule has 2 rings (SSSR count). The van der Waals surface area contributed by atoms with Crippen molar-refractivity contribution in [3.05, 3.63) is 0 Å². The van der Waals surface area contributed by atoms with Gasteiger partial charge in [-0.1, -0.05) is 0 Å². The first kappa shape index (κ1) is 19.4. The molecule has 2 heterocycles. The predicted octanol–water partition coefficient (Wildman–Crippen LogP) is -5.30. The van der Waals surface area contributed by atoms with Gasteiger partial charge in [-0.05, 0) is 0 Å². The highest BCUT2D eigenvalue weighted by atomic mass is 16.7. The molecule has 24 heavy (non-hydrogen) atoms. The normalized spacial score (nSPS) is 49.8. The van der Waals surface area contributed by atoms with E-state index in [1.165, 1.54) is 0 Å². The van der Waals surface area contributed by atoms with Gasteiger partial charge >= 0.3 is 5.97 Å². The lowest BCUT2D eigenvalue weighted by atomic mass is 9.97. The number of carboxylic acids is 1. The predicted molar refractivity (Wildman–Crippen MR) is 69.2 cm³/mol. The smallest absolute Gasteiger partial charge is 0.335 e. The van der Waals surface area contributed by atoms with Crippen molar-refractivity contribution in [2.45, 2.75) is 61.4 Å². The SMILES string of the molecule is O=C(O)C1OC(OC2C(CO)OC(O)C(O)C2O)C(O)C(O)C1O. The zero-order valence-corrected chi connectivity index (χ0v) is 12.2. The van der Waals surface area contributed by atoms with Crippen LogP contribution < -0.4 is 0 Å². The lowest BCUT2D eigenvalue weighted by molar-refractivity contribution is -0.351. The van der Waals surface area contributed by atoms with Gasteiger partial charge in [0.25, 0.3) is 0 Å². The summed E-state index contributed by atoms with van der Waals surface area (Å²) in [5, 5.41) is 76.2. The highest BCUT2D eigenvalue weighted by Gasteiger charge is 2.51. The number of hydrogen-bond donors (Lipinski definition) is 8. The molecule has 8 N–H and O–H groups in total. The van der Waals surface area contributed by atoms with Crippen LogP contribution in [0, 0.1) is 0 Å². The Kier molecular flexibility index (Phi) is 6.09. The van der Waals surface area contributed by atoms with Gasteiger partial charge in [-0.25, -0.2) is 4.79 Å². The Morgan fingerprint density at radius 3 is 2.04 bits per heavy atom. The minimum Gasteiger partial charge on any atom is -0.479 e. The Hall–Kier alpha value is -0.930. The number of rotatable bonds is 4. The van der Waals surface area contributed by atoms with Crippen molar-refractivity contribution in [1.29, 1.82) is 0 Å². The number of hydrogen-bond acceptors (Lipinski definition) is 11. The molecule has 2 aliphatic rings. The first-order valence-corrected chi connectivity index (χ1v) is 7.07. The largest absolute Gasteiger partial charge is 0.479 e. The van der Waals surface area contributed by atoms with Crippen LogP contribution in [0.3, 0.4) is 0 Å². The highest BCUT2D eigenvalue weighted by molar-refractivity contribution is 5.73. The van der Waals surface area contributed by atoms with Crippen molar-refractivity contribution in [2.24, 2.45) is 0 Å². The van der Waals surface area contributed by atoms with E-state index in [1.807, 2.05) is 0 Å². The second-order valence-electron chi connectivity index (χ2n) is 5.56. The summed E-state index contributed by atoms with van der Waals surface area (Å²) in [6.07, 6.45) is -17.7. The van der Waals surface area contributed by atoms with Gasteiger partial charge in [0.15, 0.2) is 18.7 Å². The van der Waals surface area contributed by atoms with E-state index in [2.05, 4.69) is 0 Å². The molecule has 0 aromatic rings. The summed E-state index contributed by atoms with van der Waals surface area (Å²) >= 11 is 0. The lowest BCUT2D eigenvalue weighted by Crippen LogP contribution is -2.64. The van der Waals surface area contributed by atoms with Crippen LogP contribution in [0.1, 0.15) is 0 Å². The van der Waals surface area contributed by atoms with Crippen LogP contribution in [0.15, 0.2) is 0 Å². The van der Waals surface area contributed by atoms with Gasteiger partial charge in [-0.3, -0.25) is 0 Å². The Bertz CT molecular complexity index is 444. The van der Waals surface area contributed by atoms with Crippen molar-refractivity contribution in [1.82, 2.24) is 0 Å². The molecule has 10 unspecified atom stereocenters. The topological polar surface area (TPSA) is 207 Å². The van der Waals surface area contributed by atoms with Crippen LogP contribution in [-0.4, -0.2) is 115 Å². The molecule has 12 heteroatoms. The summed E-state index contributed by atoms with van der Waals surface area (Å²) < 4.78 is 14.9. The Balaban J connectivity index is 2.16. The summed E-state index contributed by atoms with van der Waals surface area (Å²) in [4.78, 5) is 11.0. The highest BCUT2D eigenvalue weighted by Crippen LogP contribution is 2.28. The minimum absolute atomic E-state index is 0.748. The monoisotopic (exact) mass is 356 g/mol. The van der Waals surface area contributed by atoms with Crippen molar-refractivity contribution >= 4 is 5.97 Å². The van der Waals surface area contributed by atoms with Gasteiger partial charge < -0.3 is 55.1 Å². The average Bonchev–Trinajstić information content (AvgIpc) is 2.54. The maximum atomic E-state index is 11.0. The Morgan fingerprint density at radius 1 is 0.875 bits per heavy atom. The van der Waals surface area contributed by atoms with E-state index in [0.717, 1.165) is 0 Å². The average molecular weight is 356 g/mol. The first-order chi connectivity index (χ1) is 11.2. The number of ether oxygens (including phenoxy) is 3. The molecule has 0 radical (unpaired) electrons. The zero-order valence-electron chi connectivity index (χ0n) is 12.2. The molecule has 0 aliphatic carbocycles. The van der Waals surface area contributed by atoms with Crippen molar-refractivity contribution in [3.8, 4) is 0 Å². The minimum atomic E-state index is -1.93. The van der Waals surface area contributed by atoms with Crippen LogP contribution in [-0.2, 0) is 19.0 Å². The van der Waals surface area contributed by atoms with Crippen molar-refractivity contribution < 1.29 is 59.9 Å². The van der Waals surface area contributed by atoms with Gasteiger partial charge in [-0.15, -0.1) is 0 Å². The molecular weight excluding hydrogens is 336 g/mol. The number of carboxylic acid groups (broad SMARTS) is 1. The molecule has 0 saturated carbocycles.